The molecule has 0 saturated carbocycles. The van der Waals surface area contributed by atoms with Crippen molar-refractivity contribution in [1.29, 1.82) is 0 Å². The third-order valence-corrected chi connectivity index (χ3v) is 4.70. The molecule has 0 radical (unpaired) electrons. The van der Waals surface area contributed by atoms with E-state index < -0.39 is 12.1 Å². The number of aromatic nitrogens is 1. The van der Waals surface area contributed by atoms with E-state index in [1.54, 1.807) is 11.5 Å². The fourth-order valence-corrected chi connectivity index (χ4v) is 3.82. The van der Waals surface area contributed by atoms with Gasteiger partial charge in [-0.05, 0) is 18.9 Å². The number of allylic oxidation sites excluding steroid dienone is 2. The first-order valence-corrected chi connectivity index (χ1v) is 8.28. The lowest BCUT2D eigenvalue weighted by molar-refractivity contribution is -0.146. The van der Waals surface area contributed by atoms with E-state index in [1.165, 1.54) is 14.0 Å². The van der Waals surface area contributed by atoms with Gasteiger partial charge in [-0.1, -0.05) is 0 Å². The zero-order chi connectivity index (χ0) is 17.6. The highest BCUT2D eigenvalue weighted by Crippen LogP contribution is 2.41. The number of hydrogen-bond donors (Lipinski definition) is 0. The Labute approximate surface area is 144 Å². The second kappa shape index (κ2) is 6.09. The molecule has 1 aromatic heterocycles. The molecule has 0 bridgehead atoms. The second-order valence-corrected chi connectivity index (χ2v) is 6.26. The summed E-state index contributed by atoms with van der Waals surface area (Å²) in [5.41, 5.74) is 2.40. The Bertz CT molecular complexity index is 789. The number of hydrogen-bond acceptors (Lipinski definition) is 5. The third kappa shape index (κ3) is 2.28. The molecule has 0 fully saturated rings. The SMILES string of the molecule is COC1=C(C)C(=O)c2c(c(CCCl)c3n2CCC3OC(C)=O)C1=O. The van der Waals surface area contributed by atoms with E-state index in [1.807, 2.05) is 0 Å². The molecule has 3 rings (SSSR count). The van der Waals surface area contributed by atoms with Crippen LogP contribution in [0.15, 0.2) is 11.3 Å². The number of halogens is 1. The topological polar surface area (TPSA) is 74.6 Å². The first-order valence-electron chi connectivity index (χ1n) is 7.75. The van der Waals surface area contributed by atoms with Gasteiger partial charge in [-0.2, -0.15) is 0 Å². The minimum Gasteiger partial charge on any atom is -0.492 e. The largest absolute Gasteiger partial charge is 0.492 e. The fraction of sp³-hybridized carbons (Fsp3) is 0.471. The number of ketones is 2. The van der Waals surface area contributed by atoms with Gasteiger partial charge in [0.25, 0.3) is 0 Å². The molecule has 0 N–H and O–H groups in total. The Morgan fingerprint density at radius 3 is 2.62 bits per heavy atom. The van der Waals surface area contributed by atoms with Gasteiger partial charge >= 0.3 is 5.97 Å². The van der Waals surface area contributed by atoms with Crippen LogP contribution >= 0.6 is 11.6 Å². The average molecular weight is 352 g/mol. The number of carbonyl (C=O) groups is 3. The summed E-state index contributed by atoms with van der Waals surface area (Å²) in [7, 11) is 1.38. The highest BCUT2D eigenvalue weighted by atomic mass is 35.5. The van der Waals surface area contributed by atoms with Crippen LogP contribution in [0, 0.1) is 0 Å². The van der Waals surface area contributed by atoms with Crippen molar-refractivity contribution in [2.45, 2.75) is 39.3 Å². The molecule has 0 aromatic carbocycles. The molecule has 7 heteroatoms. The van der Waals surface area contributed by atoms with Crippen molar-refractivity contribution in [3.8, 4) is 0 Å². The van der Waals surface area contributed by atoms with E-state index in [0.717, 1.165) is 0 Å². The highest BCUT2D eigenvalue weighted by molar-refractivity contribution is 6.26. The molecular weight excluding hydrogens is 334 g/mol. The summed E-state index contributed by atoms with van der Waals surface area (Å²) < 4.78 is 12.3. The maximum absolute atomic E-state index is 12.8. The summed E-state index contributed by atoms with van der Waals surface area (Å²) in [5.74, 6) is -0.575. The van der Waals surface area contributed by atoms with E-state index >= 15 is 0 Å². The second-order valence-electron chi connectivity index (χ2n) is 5.88. The monoisotopic (exact) mass is 351 g/mol. The lowest BCUT2D eigenvalue weighted by Crippen LogP contribution is -2.24. The molecule has 1 aliphatic heterocycles. The maximum atomic E-state index is 12.8. The lowest BCUT2D eigenvalue weighted by Gasteiger charge is -2.18. The van der Waals surface area contributed by atoms with Crippen LogP contribution < -0.4 is 0 Å². The number of ether oxygens (including phenoxy) is 2. The van der Waals surface area contributed by atoms with Crippen molar-refractivity contribution >= 4 is 29.1 Å². The van der Waals surface area contributed by atoms with Gasteiger partial charge in [-0.25, -0.2) is 0 Å². The summed E-state index contributed by atoms with van der Waals surface area (Å²) in [5, 5.41) is 0. The molecule has 6 nitrogen and oxygen atoms in total. The predicted molar refractivity (Wildman–Crippen MR) is 86.4 cm³/mol. The van der Waals surface area contributed by atoms with Crippen molar-refractivity contribution in [3.63, 3.8) is 0 Å². The van der Waals surface area contributed by atoms with Gasteiger partial charge in [0, 0.05) is 31.3 Å². The van der Waals surface area contributed by atoms with Crippen LogP contribution in [-0.2, 0) is 27.2 Å². The number of alkyl halides is 1. The predicted octanol–water partition coefficient (Wildman–Crippen LogP) is 2.58. The Kier molecular flexibility index (Phi) is 4.25. The molecule has 24 heavy (non-hydrogen) atoms. The minimum absolute atomic E-state index is 0.0663. The van der Waals surface area contributed by atoms with Gasteiger partial charge in [0.15, 0.2) is 5.76 Å². The average Bonchev–Trinajstić information content (AvgIpc) is 3.05. The summed E-state index contributed by atoms with van der Waals surface area (Å²) in [6.07, 6.45) is 0.538. The van der Waals surface area contributed by atoms with Crippen LogP contribution in [0.5, 0.6) is 0 Å². The molecule has 1 aromatic rings. The van der Waals surface area contributed by atoms with Crippen LogP contribution in [-0.4, -0.2) is 35.1 Å². The number of esters is 1. The summed E-state index contributed by atoms with van der Waals surface area (Å²) in [6.45, 7) is 3.45. The molecule has 1 atom stereocenters. The molecule has 2 aliphatic rings. The Morgan fingerprint density at radius 2 is 2.04 bits per heavy atom. The quantitative estimate of drug-likeness (QED) is 0.615. The van der Waals surface area contributed by atoms with Crippen molar-refractivity contribution in [1.82, 2.24) is 4.57 Å². The van der Waals surface area contributed by atoms with Crippen LogP contribution in [0.1, 0.15) is 58.5 Å². The smallest absolute Gasteiger partial charge is 0.303 e. The van der Waals surface area contributed by atoms with E-state index in [-0.39, 0.29) is 17.3 Å². The number of carbonyl (C=O) groups excluding carboxylic acids is 3. The van der Waals surface area contributed by atoms with Crippen molar-refractivity contribution in [2.24, 2.45) is 0 Å². The molecule has 0 saturated heterocycles. The van der Waals surface area contributed by atoms with E-state index in [0.29, 0.717) is 53.4 Å². The Hall–Kier alpha value is -2.08. The van der Waals surface area contributed by atoms with Crippen LogP contribution in [0.3, 0.4) is 0 Å². The van der Waals surface area contributed by atoms with Crippen LogP contribution in [0.25, 0.3) is 0 Å². The summed E-state index contributed by atoms with van der Waals surface area (Å²) >= 11 is 5.92. The number of fused-ring (bicyclic) bond motifs is 3. The number of rotatable bonds is 4. The van der Waals surface area contributed by atoms with E-state index in [4.69, 9.17) is 21.1 Å². The third-order valence-electron chi connectivity index (χ3n) is 4.51. The highest BCUT2D eigenvalue weighted by Gasteiger charge is 2.42. The molecule has 0 amide bonds. The molecule has 2 heterocycles. The van der Waals surface area contributed by atoms with Crippen molar-refractivity contribution < 1.29 is 23.9 Å². The number of nitrogens with zero attached hydrogens (tertiary/aromatic N) is 1. The van der Waals surface area contributed by atoms with Crippen LogP contribution in [0.2, 0.25) is 0 Å². The van der Waals surface area contributed by atoms with Gasteiger partial charge < -0.3 is 14.0 Å². The first-order chi connectivity index (χ1) is 11.4. The lowest BCUT2D eigenvalue weighted by atomic mass is 9.89. The molecule has 0 spiro atoms. The van der Waals surface area contributed by atoms with Gasteiger partial charge in [-0.3, -0.25) is 14.4 Å². The summed E-state index contributed by atoms with van der Waals surface area (Å²) in [6, 6.07) is 0. The zero-order valence-electron chi connectivity index (χ0n) is 13.8. The van der Waals surface area contributed by atoms with Gasteiger partial charge in [0.2, 0.25) is 11.6 Å². The number of Topliss-reactive ketones (excluding diaryl/α,β-unsaturated/α-hetero) is 2. The minimum atomic E-state index is -0.460. The normalized spacial score (nSPS) is 19.4. The Balaban J connectivity index is 2.23. The van der Waals surface area contributed by atoms with Gasteiger partial charge in [-0.15, -0.1) is 11.6 Å². The van der Waals surface area contributed by atoms with Crippen LogP contribution in [0.4, 0.5) is 0 Å². The maximum Gasteiger partial charge on any atom is 0.303 e. The molecule has 1 aliphatic carbocycles. The molecule has 128 valence electrons. The van der Waals surface area contributed by atoms with E-state index in [9.17, 15) is 14.4 Å². The zero-order valence-corrected chi connectivity index (χ0v) is 14.5. The molecule has 1 unspecified atom stereocenters. The van der Waals surface area contributed by atoms with E-state index in [2.05, 4.69) is 0 Å². The van der Waals surface area contributed by atoms with Gasteiger partial charge in [0.1, 0.15) is 11.8 Å². The Morgan fingerprint density at radius 1 is 1.33 bits per heavy atom. The number of methoxy groups -OCH3 is 1. The first kappa shape index (κ1) is 16.8. The van der Waals surface area contributed by atoms with Gasteiger partial charge in [0.05, 0.1) is 18.4 Å². The summed E-state index contributed by atoms with van der Waals surface area (Å²) in [4.78, 5) is 37.0. The van der Waals surface area contributed by atoms with Crippen molar-refractivity contribution in [3.05, 3.63) is 33.8 Å². The van der Waals surface area contributed by atoms with Crippen molar-refractivity contribution in [2.75, 3.05) is 13.0 Å². The molecular formula is C17H18ClNO5. The standard InChI is InChI=1S/C17H18ClNO5/c1-8-15(21)14-12(16(22)17(8)23-3)10(4-6-18)13-11(24-9(2)20)5-7-19(13)14/h11H,4-7H2,1-3H3. The fourth-order valence-electron chi connectivity index (χ4n) is 3.63.